The second kappa shape index (κ2) is 8.55. The van der Waals surface area contributed by atoms with Crippen LogP contribution in [0.2, 0.25) is 0 Å². The van der Waals surface area contributed by atoms with Crippen LogP contribution in [0.15, 0.2) is 42.6 Å². The van der Waals surface area contributed by atoms with Gasteiger partial charge in [-0.25, -0.2) is 9.18 Å². The lowest BCUT2D eigenvalue weighted by Crippen LogP contribution is -2.48. The number of carboxylic acids is 1. The Bertz CT molecular complexity index is 1190. The molecule has 1 fully saturated rings. The van der Waals surface area contributed by atoms with E-state index in [9.17, 15) is 24.2 Å². The minimum absolute atomic E-state index is 0.0467. The van der Waals surface area contributed by atoms with Crippen LogP contribution in [0.4, 0.5) is 4.39 Å². The molecule has 2 heterocycles. The highest BCUT2D eigenvalue weighted by Gasteiger charge is 2.29. The predicted octanol–water partition coefficient (Wildman–Crippen LogP) is 3.62. The maximum absolute atomic E-state index is 13.4. The zero-order valence-electron chi connectivity index (χ0n) is 17.7. The molecule has 1 saturated heterocycles. The Kier molecular flexibility index (Phi) is 5.80. The first-order chi connectivity index (χ1) is 15.2. The highest BCUT2D eigenvalue weighted by Crippen LogP contribution is 2.32. The van der Waals surface area contributed by atoms with Crippen LogP contribution >= 0.6 is 0 Å². The SMILES string of the molecule is CC1CN(C(=O)c2cc(C(=O)O)c(O)c3ncc(Cc4ccc(F)cc4)cc23)CC(C)O1. The molecule has 3 aromatic rings. The molecule has 0 radical (unpaired) electrons. The Morgan fingerprint density at radius 3 is 2.38 bits per heavy atom. The molecular formula is C24H23FN2O5. The fourth-order valence-corrected chi connectivity index (χ4v) is 4.11. The summed E-state index contributed by atoms with van der Waals surface area (Å²) < 4.78 is 18.9. The summed E-state index contributed by atoms with van der Waals surface area (Å²) in [5.41, 5.74) is 1.41. The number of hydrogen-bond donors (Lipinski definition) is 2. The lowest BCUT2D eigenvalue weighted by Gasteiger charge is -2.35. The van der Waals surface area contributed by atoms with Crippen LogP contribution in [0.25, 0.3) is 10.9 Å². The zero-order valence-corrected chi connectivity index (χ0v) is 17.7. The lowest BCUT2D eigenvalue weighted by molar-refractivity contribution is -0.0585. The summed E-state index contributed by atoms with van der Waals surface area (Å²) in [7, 11) is 0. The number of benzene rings is 2. The molecule has 7 nitrogen and oxygen atoms in total. The summed E-state index contributed by atoms with van der Waals surface area (Å²) in [6.07, 6.45) is 1.64. The fourth-order valence-electron chi connectivity index (χ4n) is 4.11. The topological polar surface area (TPSA) is 100.0 Å². The first-order valence-electron chi connectivity index (χ1n) is 10.3. The van der Waals surface area contributed by atoms with Crippen molar-refractivity contribution in [3.8, 4) is 5.75 Å². The lowest BCUT2D eigenvalue weighted by atomic mass is 9.98. The van der Waals surface area contributed by atoms with Crippen molar-refractivity contribution < 1.29 is 28.9 Å². The molecule has 0 aliphatic carbocycles. The normalized spacial score (nSPS) is 18.7. The third-order valence-electron chi connectivity index (χ3n) is 5.49. The summed E-state index contributed by atoms with van der Waals surface area (Å²) >= 11 is 0. The van der Waals surface area contributed by atoms with Crippen molar-refractivity contribution in [2.45, 2.75) is 32.5 Å². The van der Waals surface area contributed by atoms with Crippen molar-refractivity contribution in [1.82, 2.24) is 9.88 Å². The molecule has 8 heteroatoms. The van der Waals surface area contributed by atoms with Gasteiger partial charge in [0.1, 0.15) is 16.9 Å². The van der Waals surface area contributed by atoms with E-state index in [2.05, 4.69) is 4.98 Å². The fraction of sp³-hybridized carbons (Fsp3) is 0.292. The van der Waals surface area contributed by atoms with E-state index in [1.54, 1.807) is 23.1 Å². The van der Waals surface area contributed by atoms with Gasteiger partial charge < -0.3 is 19.8 Å². The van der Waals surface area contributed by atoms with Gasteiger partial charge in [-0.15, -0.1) is 0 Å². The van der Waals surface area contributed by atoms with Gasteiger partial charge in [0.25, 0.3) is 5.91 Å². The number of hydrogen-bond acceptors (Lipinski definition) is 5. The van der Waals surface area contributed by atoms with E-state index in [0.717, 1.165) is 11.1 Å². The Morgan fingerprint density at radius 2 is 1.75 bits per heavy atom. The maximum Gasteiger partial charge on any atom is 0.339 e. The van der Waals surface area contributed by atoms with Crippen LogP contribution in [0, 0.1) is 5.82 Å². The number of rotatable bonds is 4. The molecule has 4 rings (SSSR count). The minimum Gasteiger partial charge on any atom is -0.505 e. The maximum atomic E-state index is 13.4. The van der Waals surface area contributed by atoms with E-state index >= 15 is 0 Å². The Balaban J connectivity index is 1.81. The highest BCUT2D eigenvalue weighted by atomic mass is 19.1. The number of carboxylic acid groups (broad SMARTS) is 1. The van der Waals surface area contributed by atoms with Crippen LogP contribution < -0.4 is 0 Å². The van der Waals surface area contributed by atoms with Crippen LogP contribution in [0.3, 0.4) is 0 Å². The second-order valence-corrected chi connectivity index (χ2v) is 8.14. The van der Waals surface area contributed by atoms with Gasteiger partial charge in [-0.3, -0.25) is 9.78 Å². The van der Waals surface area contributed by atoms with Gasteiger partial charge in [-0.1, -0.05) is 12.1 Å². The molecule has 0 saturated carbocycles. The third kappa shape index (κ3) is 4.27. The first kappa shape index (κ1) is 21.7. The Labute approximate surface area is 184 Å². The number of carbonyl (C=O) groups is 2. The zero-order chi connectivity index (χ0) is 23.0. The number of phenols is 1. The number of pyridine rings is 1. The number of morpholine rings is 1. The van der Waals surface area contributed by atoms with E-state index in [0.29, 0.717) is 24.9 Å². The largest absolute Gasteiger partial charge is 0.505 e. The number of halogens is 1. The smallest absolute Gasteiger partial charge is 0.339 e. The molecule has 32 heavy (non-hydrogen) atoms. The third-order valence-corrected chi connectivity index (χ3v) is 5.49. The van der Waals surface area contributed by atoms with Crippen molar-refractivity contribution in [3.63, 3.8) is 0 Å². The van der Waals surface area contributed by atoms with Gasteiger partial charge in [-0.2, -0.15) is 0 Å². The van der Waals surface area contributed by atoms with Crippen molar-refractivity contribution in [1.29, 1.82) is 0 Å². The summed E-state index contributed by atoms with van der Waals surface area (Å²) in [6, 6.07) is 8.98. The number of aromatic nitrogens is 1. The van der Waals surface area contributed by atoms with E-state index in [-0.39, 0.29) is 40.6 Å². The molecule has 0 spiro atoms. The highest BCUT2D eigenvalue weighted by molar-refractivity contribution is 6.11. The molecular weight excluding hydrogens is 415 g/mol. The van der Waals surface area contributed by atoms with Crippen molar-refractivity contribution in [2.24, 2.45) is 0 Å². The number of fused-ring (bicyclic) bond motifs is 1. The van der Waals surface area contributed by atoms with E-state index in [4.69, 9.17) is 4.74 Å². The molecule has 1 aliphatic rings. The average Bonchev–Trinajstić information content (AvgIpc) is 2.74. The summed E-state index contributed by atoms with van der Waals surface area (Å²) in [5, 5.41) is 20.4. The number of carbonyl (C=O) groups excluding carboxylic acids is 1. The number of amides is 1. The number of aromatic carboxylic acids is 1. The van der Waals surface area contributed by atoms with Gasteiger partial charge in [0.2, 0.25) is 0 Å². The van der Waals surface area contributed by atoms with E-state index in [1.807, 2.05) is 13.8 Å². The summed E-state index contributed by atoms with van der Waals surface area (Å²) in [5.74, 6) is -2.51. The summed E-state index contributed by atoms with van der Waals surface area (Å²) in [6.45, 7) is 4.49. The molecule has 1 amide bonds. The number of ether oxygens (including phenoxy) is 1. The average molecular weight is 438 g/mol. The molecule has 0 bridgehead atoms. The Morgan fingerprint density at radius 1 is 1.09 bits per heavy atom. The van der Waals surface area contributed by atoms with Crippen LogP contribution in [-0.4, -0.2) is 57.3 Å². The van der Waals surface area contributed by atoms with Gasteiger partial charge >= 0.3 is 5.97 Å². The van der Waals surface area contributed by atoms with Crippen LogP contribution in [0.5, 0.6) is 5.75 Å². The van der Waals surface area contributed by atoms with Crippen molar-refractivity contribution in [2.75, 3.05) is 13.1 Å². The van der Waals surface area contributed by atoms with Crippen LogP contribution in [0.1, 0.15) is 45.7 Å². The van der Waals surface area contributed by atoms with Crippen molar-refractivity contribution >= 4 is 22.8 Å². The second-order valence-electron chi connectivity index (χ2n) is 8.14. The molecule has 166 valence electrons. The first-order valence-corrected chi connectivity index (χ1v) is 10.3. The number of nitrogens with zero attached hydrogens (tertiary/aromatic N) is 2. The monoisotopic (exact) mass is 438 g/mol. The molecule has 2 N–H and O–H groups in total. The quantitative estimate of drug-likeness (QED) is 0.646. The van der Waals surface area contributed by atoms with E-state index < -0.39 is 11.7 Å². The predicted molar refractivity (Wildman–Crippen MR) is 115 cm³/mol. The molecule has 1 aromatic heterocycles. The van der Waals surface area contributed by atoms with Gasteiger partial charge in [0, 0.05) is 24.7 Å². The van der Waals surface area contributed by atoms with Crippen molar-refractivity contribution in [3.05, 3.63) is 70.7 Å². The Hall–Kier alpha value is -3.52. The molecule has 1 aliphatic heterocycles. The van der Waals surface area contributed by atoms with Gasteiger partial charge in [0.15, 0.2) is 5.75 Å². The minimum atomic E-state index is -1.35. The number of aromatic hydroxyl groups is 1. The molecule has 2 aromatic carbocycles. The van der Waals surface area contributed by atoms with Gasteiger partial charge in [-0.05, 0) is 55.7 Å². The standard InChI is InChI=1S/C24H23FN2O5/c1-13-11-27(12-14(2)32-13)23(29)19-9-20(24(30)31)22(28)21-18(19)8-16(10-26-21)7-15-3-5-17(25)6-4-15/h3-6,8-10,13-14,28H,7,11-12H2,1-2H3,(H,30,31). The van der Waals surface area contributed by atoms with E-state index in [1.165, 1.54) is 24.4 Å². The summed E-state index contributed by atoms with van der Waals surface area (Å²) in [4.78, 5) is 31.0. The molecule has 2 atom stereocenters. The van der Waals surface area contributed by atoms with Gasteiger partial charge in [0.05, 0.1) is 17.8 Å². The van der Waals surface area contributed by atoms with Crippen LogP contribution in [-0.2, 0) is 11.2 Å². The molecule has 2 unspecified atom stereocenters.